The topological polar surface area (TPSA) is 58.6 Å². The molecule has 0 aromatic carbocycles. The molecule has 1 N–H and O–H groups in total. The van der Waals surface area contributed by atoms with Gasteiger partial charge in [-0.05, 0) is 89.9 Å². The van der Waals surface area contributed by atoms with Crippen molar-refractivity contribution < 1.29 is 14.3 Å². The monoisotopic (exact) mass is 362 g/mol. The van der Waals surface area contributed by atoms with Crippen molar-refractivity contribution in [1.82, 2.24) is 10.2 Å². The molecule has 4 saturated carbocycles. The van der Waals surface area contributed by atoms with E-state index in [0.29, 0.717) is 19.0 Å². The summed E-state index contributed by atoms with van der Waals surface area (Å²) in [7, 11) is 0. The van der Waals surface area contributed by atoms with Crippen molar-refractivity contribution in [2.45, 2.75) is 83.8 Å². The van der Waals surface area contributed by atoms with E-state index in [-0.39, 0.29) is 17.6 Å². The Hall–Kier alpha value is -1.26. The number of piperidine rings is 1. The van der Waals surface area contributed by atoms with E-state index in [2.05, 4.69) is 5.32 Å². The molecule has 26 heavy (non-hydrogen) atoms. The molecule has 0 radical (unpaired) electrons. The third-order valence-corrected chi connectivity index (χ3v) is 7.00. The van der Waals surface area contributed by atoms with E-state index in [1.54, 1.807) is 4.90 Å². The van der Waals surface area contributed by atoms with E-state index in [4.69, 9.17) is 4.74 Å². The van der Waals surface area contributed by atoms with Gasteiger partial charge in [-0.1, -0.05) is 0 Å². The lowest BCUT2D eigenvalue weighted by atomic mass is 9.49. The number of hydrogen-bond donors (Lipinski definition) is 1. The van der Waals surface area contributed by atoms with Gasteiger partial charge >= 0.3 is 6.09 Å². The van der Waals surface area contributed by atoms with Gasteiger partial charge in [0.15, 0.2) is 0 Å². The first-order valence-electron chi connectivity index (χ1n) is 10.5. The van der Waals surface area contributed by atoms with E-state index in [9.17, 15) is 9.59 Å². The molecule has 0 atom stereocenters. The number of nitrogens with zero attached hydrogens (tertiary/aromatic N) is 1. The van der Waals surface area contributed by atoms with Gasteiger partial charge in [-0.25, -0.2) is 4.79 Å². The quantitative estimate of drug-likeness (QED) is 0.814. The van der Waals surface area contributed by atoms with E-state index in [0.717, 1.165) is 49.9 Å². The second-order valence-corrected chi connectivity index (χ2v) is 10.4. The van der Waals surface area contributed by atoms with Crippen LogP contribution in [0.15, 0.2) is 0 Å². The molecule has 5 nitrogen and oxygen atoms in total. The molecule has 5 rings (SSSR count). The van der Waals surface area contributed by atoms with Crippen LogP contribution in [-0.4, -0.2) is 41.6 Å². The minimum atomic E-state index is -0.458. The fourth-order valence-electron chi connectivity index (χ4n) is 6.26. The van der Waals surface area contributed by atoms with Crippen LogP contribution in [0.25, 0.3) is 0 Å². The third-order valence-electron chi connectivity index (χ3n) is 7.00. The van der Waals surface area contributed by atoms with Gasteiger partial charge in [0.05, 0.1) is 0 Å². The highest BCUT2D eigenvalue weighted by Crippen LogP contribution is 2.60. The molecule has 1 heterocycles. The number of likely N-dealkylation sites (tertiary alicyclic amines) is 1. The molecule has 0 aromatic heterocycles. The van der Waals surface area contributed by atoms with Crippen LogP contribution in [0.1, 0.15) is 72.1 Å². The number of nitrogens with one attached hydrogen (secondary N) is 1. The van der Waals surface area contributed by atoms with Gasteiger partial charge in [0.25, 0.3) is 0 Å². The zero-order valence-electron chi connectivity index (χ0n) is 16.6. The fourth-order valence-corrected chi connectivity index (χ4v) is 6.26. The molecular formula is C21H34N2O3. The Morgan fingerprint density at radius 3 is 1.92 bits per heavy atom. The Balaban J connectivity index is 1.30. The molecular weight excluding hydrogens is 328 g/mol. The van der Waals surface area contributed by atoms with Crippen LogP contribution in [0.4, 0.5) is 4.79 Å². The zero-order valence-corrected chi connectivity index (χ0v) is 16.6. The van der Waals surface area contributed by atoms with Gasteiger partial charge in [-0.15, -0.1) is 0 Å². The highest BCUT2D eigenvalue weighted by atomic mass is 16.6. The third kappa shape index (κ3) is 3.59. The summed E-state index contributed by atoms with van der Waals surface area (Å²) in [6.07, 6.45) is 8.85. The average Bonchev–Trinajstić information content (AvgIpc) is 2.52. The van der Waals surface area contributed by atoms with Crippen molar-refractivity contribution in [2.24, 2.45) is 23.2 Å². The summed E-state index contributed by atoms with van der Waals surface area (Å²) in [5.41, 5.74) is -0.530. The summed E-state index contributed by atoms with van der Waals surface area (Å²) in [6.45, 7) is 7.01. The van der Waals surface area contributed by atoms with Crippen LogP contribution in [0.2, 0.25) is 0 Å². The molecule has 4 aliphatic carbocycles. The van der Waals surface area contributed by atoms with Crippen LogP contribution < -0.4 is 5.32 Å². The summed E-state index contributed by atoms with van der Waals surface area (Å²) in [4.78, 5) is 27.1. The average molecular weight is 363 g/mol. The molecule has 5 aliphatic rings. The highest BCUT2D eigenvalue weighted by Gasteiger charge is 2.54. The molecule has 1 aliphatic heterocycles. The summed E-state index contributed by atoms with van der Waals surface area (Å²) < 4.78 is 5.46. The smallest absolute Gasteiger partial charge is 0.410 e. The Morgan fingerprint density at radius 2 is 1.46 bits per heavy atom. The SMILES string of the molecule is CC(C)(C)OC(=O)N1CCC(NC(=O)C23CC4CC(CC(C4)C2)C3)CC1. The molecule has 4 bridgehead atoms. The summed E-state index contributed by atoms with van der Waals surface area (Å²) in [6, 6.07) is 0.203. The van der Waals surface area contributed by atoms with E-state index >= 15 is 0 Å². The Bertz CT molecular complexity index is 537. The number of carbonyl (C=O) groups excluding carboxylic acids is 2. The van der Waals surface area contributed by atoms with Gasteiger partial charge in [0, 0.05) is 24.5 Å². The second kappa shape index (κ2) is 6.42. The molecule has 5 heteroatoms. The normalized spacial score (nSPS) is 36.9. The summed E-state index contributed by atoms with van der Waals surface area (Å²) >= 11 is 0. The van der Waals surface area contributed by atoms with Gasteiger partial charge in [0.2, 0.25) is 5.91 Å². The highest BCUT2D eigenvalue weighted by molar-refractivity contribution is 5.83. The summed E-state index contributed by atoms with van der Waals surface area (Å²) in [5, 5.41) is 3.37. The Labute approximate surface area is 157 Å². The fraction of sp³-hybridized carbons (Fsp3) is 0.905. The number of ether oxygens (including phenoxy) is 1. The van der Waals surface area contributed by atoms with Crippen LogP contribution in [0.3, 0.4) is 0 Å². The minimum Gasteiger partial charge on any atom is -0.444 e. The van der Waals surface area contributed by atoms with Crippen molar-refractivity contribution in [3.63, 3.8) is 0 Å². The van der Waals surface area contributed by atoms with Crippen LogP contribution in [0, 0.1) is 23.2 Å². The summed E-state index contributed by atoms with van der Waals surface area (Å²) in [5.74, 6) is 2.69. The number of hydrogen-bond acceptors (Lipinski definition) is 3. The molecule has 0 spiro atoms. The van der Waals surface area contributed by atoms with Gasteiger partial charge < -0.3 is 15.0 Å². The first-order chi connectivity index (χ1) is 12.2. The van der Waals surface area contributed by atoms with Gasteiger partial charge in [-0.2, -0.15) is 0 Å². The Morgan fingerprint density at radius 1 is 0.962 bits per heavy atom. The van der Waals surface area contributed by atoms with Crippen molar-refractivity contribution in [3.8, 4) is 0 Å². The van der Waals surface area contributed by atoms with Crippen LogP contribution >= 0.6 is 0 Å². The number of carbonyl (C=O) groups is 2. The minimum absolute atomic E-state index is 0.0724. The van der Waals surface area contributed by atoms with Crippen molar-refractivity contribution in [1.29, 1.82) is 0 Å². The molecule has 0 aromatic rings. The standard InChI is InChI=1S/C21H34N2O3/c1-20(2,3)26-19(25)23-6-4-17(5-7-23)22-18(24)21-11-14-8-15(12-21)10-16(9-14)13-21/h14-17H,4-13H2,1-3H3,(H,22,24). The number of amides is 2. The van der Waals surface area contributed by atoms with E-state index in [1.165, 1.54) is 19.3 Å². The maximum atomic E-state index is 13.2. The molecule has 146 valence electrons. The van der Waals surface area contributed by atoms with E-state index in [1.807, 2.05) is 20.8 Å². The van der Waals surface area contributed by atoms with Crippen molar-refractivity contribution >= 4 is 12.0 Å². The molecule has 0 unspecified atom stereocenters. The molecule has 5 fully saturated rings. The molecule has 1 saturated heterocycles. The second-order valence-electron chi connectivity index (χ2n) is 10.4. The first kappa shape index (κ1) is 18.1. The predicted molar refractivity (Wildman–Crippen MR) is 99.6 cm³/mol. The Kier molecular flexibility index (Phi) is 4.47. The largest absolute Gasteiger partial charge is 0.444 e. The lowest BCUT2D eigenvalue weighted by molar-refractivity contribution is -0.147. The van der Waals surface area contributed by atoms with Crippen LogP contribution in [0.5, 0.6) is 0 Å². The van der Waals surface area contributed by atoms with Crippen LogP contribution in [-0.2, 0) is 9.53 Å². The van der Waals surface area contributed by atoms with Gasteiger partial charge in [-0.3, -0.25) is 4.79 Å². The first-order valence-corrected chi connectivity index (χ1v) is 10.5. The zero-order chi connectivity index (χ0) is 18.5. The van der Waals surface area contributed by atoms with Crippen molar-refractivity contribution in [3.05, 3.63) is 0 Å². The maximum absolute atomic E-state index is 13.2. The maximum Gasteiger partial charge on any atom is 0.410 e. The predicted octanol–water partition coefficient (Wildman–Crippen LogP) is 3.72. The van der Waals surface area contributed by atoms with Gasteiger partial charge in [0.1, 0.15) is 5.60 Å². The van der Waals surface area contributed by atoms with E-state index < -0.39 is 5.60 Å². The lowest BCUT2D eigenvalue weighted by Crippen LogP contribution is -2.56. The lowest BCUT2D eigenvalue weighted by Gasteiger charge is -2.56. The number of rotatable bonds is 2. The van der Waals surface area contributed by atoms with Crippen molar-refractivity contribution in [2.75, 3.05) is 13.1 Å². The molecule has 2 amide bonds.